The van der Waals surface area contributed by atoms with Crippen LogP contribution in [-0.2, 0) is 11.3 Å². The van der Waals surface area contributed by atoms with Gasteiger partial charge in [-0.1, -0.05) is 0 Å². The number of carbonyl (C=O) groups excluding carboxylic acids is 1. The molecule has 96 valence electrons. The summed E-state index contributed by atoms with van der Waals surface area (Å²) in [6, 6.07) is 7.18. The molecular formula is C13H13N5O. The number of amides is 1. The molecule has 0 saturated heterocycles. The minimum absolute atomic E-state index is 0.0483. The fourth-order valence-corrected chi connectivity index (χ4v) is 1.72. The smallest absolute Gasteiger partial charge is 0.244 e. The van der Waals surface area contributed by atoms with Crippen molar-refractivity contribution in [2.75, 3.05) is 11.1 Å². The third-order valence-corrected chi connectivity index (χ3v) is 2.65. The number of aryl methyl sites for hydroxylation is 1. The van der Waals surface area contributed by atoms with Crippen LogP contribution in [0.5, 0.6) is 0 Å². The number of nitrogens with two attached hydrogens (primary N) is 1. The van der Waals surface area contributed by atoms with E-state index in [1.165, 1.54) is 10.8 Å². The first-order valence-corrected chi connectivity index (χ1v) is 5.67. The molecule has 0 saturated carbocycles. The third-order valence-electron chi connectivity index (χ3n) is 2.65. The van der Waals surface area contributed by atoms with Crippen molar-refractivity contribution in [1.82, 2.24) is 9.55 Å². The summed E-state index contributed by atoms with van der Waals surface area (Å²) in [6.45, 7) is 1.91. The number of rotatable bonds is 3. The van der Waals surface area contributed by atoms with Crippen molar-refractivity contribution >= 4 is 17.3 Å². The van der Waals surface area contributed by atoms with E-state index in [-0.39, 0.29) is 18.3 Å². The van der Waals surface area contributed by atoms with E-state index in [0.29, 0.717) is 11.4 Å². The highest BCUT2D eigenvalue weighted by Gasteiger charge is 2.08. The fraction of sp³-hybridized carbons (Fsp3) is 0.154. The number of benzene rings is 1. The van der Waals surface area contributed by atoms with E-state index in [2.05, 4.69) is 10.3 Å². The maximum atomic E-state index is 11.9. The molecule has 0 bridgehead atoms. The van der Waals surface area contributed by atoms with E-state index in [9.17, 15) is 4.79 Å². The van der Waals surface area contributed by atoms with E-state index < -0.39 is 0 Å². The number of imidazole rings is 1. The first kappa shape index (κ1) is 12.6. The van der Waals surface area contributed by atoms with Crippen molar-refractivity contribution in [3.63, 3.8) is 0 Å². The van der Waals surface area contributed by atoms with Gasteiger partial charge in [0.1, 0.15) is 12.6 Å². The lowest BCUT2D eigenvalue weighted by Gasteiger charge is -2.09. The minimum atomic E-state index is -0.220. The topological polar surface area (TPSA) is 96.7 Å². The van der Waals surface area contributed by atoms with Crippen LogP contribution in [0.1, 0.15) is 11.4 Å². The molecule has 19 heavy (non-hydrogen) atoms. The molecule has 2 rings (SSSR count). The van der Waals surface area contributed by atoms with Crippen molar-refractivity contribution in [3.8, 4) is 6.07 Å². The van der Waals surface area contributed by atoms with Crippen LogP contribution >= 0.6 is 0 Å². The molecular weight excluding hydrogens is 242 g/mol. The Labute approximate surface area is 110 Å². The molecule has 0 aliphatic carbocycles. The van der Waals surface area contributed by atoms with Gasteiger partial charge in [0, 0.05) is 23.8 Å². The number of anilines is 2. The Morgan fingerprint density at radius 3 is 3.05 bits per heavy atom. The minimum Gasteiger partial charge on any atom is -0.399 e. The molecule has 1 amide bonds. The van der Waals surface area contributed by atoms with Gasteiger partial charge in [-0.2, -0.15) is 5.26 Å². The van der Waals surface area contributed by atoms with Crippen molar-refractivity contribution in [2.45, 2.75) is 13.5 Å². The zero-order chi connectivity index (χ0) is 13.8. The number of nitrogen functional groups attached to an aromatic ring is 1. The predicted molar refractivity (Wildman–Crippen MR) is 71.2 cm³/mol. The summed E-state index contributed by atoms with van der Waals surface area (Å²) in [5.41, 5.74) is 7.89. The van der Waals surface area contributed by atoms with Gasteiger partial charge in [0.05, 0.1) is 0 Å². The number of hydrogen-bond donors (Lipinski definition) is 2. The van der Waals surface area contributed by atoms with Gasteiger partial charge in [0.15, 0.2) is 0 Å². The molecule has 0 spiro atoms. The lowest BCUT2D eigenvalue weighted by atomic mass is 10.2. The standard InChI is InChI=1S/C13H13N5O/c1-9-6-10(15)2-3-11(9)17-13(19)8-18-5-4-16-12(18)7-14/h2-6H,8,15H2,1H3,(H,17,19). The number of nitriles is 1. The average molecular weight is 255 g/mol. The molecule has 0 aliphatic rings. The van der Waals surface area contributed by atoms with Crippen LogP contribution in [-0.4, -0.2) is 15.5 Å². The van der Waals surface area contributed by atoms with Gasteiger partial charge in [-0.3, -0.25) is 4.79 Å². The maximum Gasteiger partial charge on any atom is 0.244 e. The second-order valence-electron chi connectivity index (χ2n) is 4.11. The van der Waals surface area contributed by atoms with Crippen LogP contribution in [0.25, 0.3) is 0 Å². The zero-order valence-corrected chi connectivity index (χ0v) is 10.4. The lowest BCUT2D eigenvalue weighted by molar-refractivity contribution is -0.116. The highest BCUT2D eigenvalue weighted by molar-refractivity contribution is 5.91. The summed E-state index contributed by atoms with van der Waals surface area (Å²) in [7, 11) is 0. The van der Waals surface area contributed by atoms with Crippen LogP contribution in [0.2, 0.25) is 0 Å². The highest BCUT2D eigenvalue weighted by atomic mass is 16.1. The van der Waals surface area contributed by atoms with Crippen molar-refractivity contribution in [2.24, 2.45) is 0 Å². The van der Waals surface area contributed by atoms with Gasteiger partial charge in [0.2, 0.25) is 11.7 Å². The maximum absolute atomic E-state index is 11.9. The van der Waals surface area contributed by atoms with Gasteiger partial charge < -0.3 is 15.6 Å². The Hall–Kier alpha value is -2.81. The van der Waals surface area contributed by atoms with Gasteiger partial charge in [-0.25, -0.2) is 4.98 Å². The van der Waals surface area contributed by atoms with E-state index in [1.807, 2.05) is 13.0 Å². The van der Waals surface area contributed by atoms with Crippen molar-refractivity contribution < 1.29 is 4.79 Å². The molecule has 3 N–H and O–H groups in total. The zero-order valence-electron chi connectivity index (χ0n) is 10.4. The normalized spacial score (nSPS) is 9.89. The molecule has 0 radical (unpaired) electrons. The largest absolute Gasteiger partial charge is 0.399 e. The van der Waals surface area contributed by atoms with E-state index in [0.717, 1.165) is 5.56 Å². The average Bonchev–Trinajstić information content (AvgIpc) is 2.80. The molecule has 1 heterocycles. The van der Waals surface area contributed by atoms with E-state index >= 15 is 0 Å². The molecule has 0 aliphatic heterocycles. The Morgan fingerprint density at radius 2 is 2.37 bits per heavy atom. The van der Waals surface area contributed by atoms with Crippen molar-refractivity contribution in [3.05, 3.63) is 42.0 Å². The number of aromatic nitrogens is 2. The Kier molecular flexibility index (Phi) is 3.48. The van der Waals surface area contributed by atoms with E-state index in [1.54, 1.807) is 24.4 Å². The molecule has 1 aromatic carbocycles. The first-order chi connectivity index (χ1) is 9.10. The molecule has 0 unspecified atom stereocenters. The predicted octanol–water partition coefficient (Wildman–Crippen LogP) is 1.28. The van der Waals surface area contributed by atoms with Gasteiger partial charge >= 0.3 is 0 Å². The summed E-state index contributed by atoms with van der Waals surface area (Å²) in [4.78, 5) is 15.7. The monoisotopic (exact) mass is 255 g/mol. The Balaban J connectivity index is 2.08. The Bertz CT molecular complexity index is 653. The second kappa shape index (κ2) is 5.23. The third kappa shape index (κ3) is 2.90. The molecule has 0 atom stereocenters. The van der Waals surface area contributed by atoms with Crippen LogP contribution in [0, 0.1) is 18.3 Å². The van der Waals surface area contributed by atoms with Crippen LogP contribution in [0.4, 0.5) is 11.4 Å². The number of nitrogens with one attached hydrogen (secondary N) is 1. The summed E-state index contributed by atoms with van der Waals surface area (Å²) >= 11 is 0. The molecule has 6 nitrogen and oxygen atoms in total. The van der Waals surface area contributed by atoms with Crippen molar-refractivity contribution in [1.29, 1.82) is 5.26 Å². The number of carbonyl (C=O) groups is 1. The summed E-state index contributed by atoms with van der Waals surface area (Å²) in [6.07, 6.45) is 3.08. The second-order valence-corrected chi connectivity index (χ2v) is 4.11. The number of nitrogens with zero attached hydrogens (tertiary/aromatic N) is 3. The number of hydrogen-bond acceptors (Lipinski definition) is 4. The molecule has 0 fully saturated rings. The molecule has 2 aromatic rings. The summed E-state index contributed by atoms with van der Waals surface area (Å²) in [5, 5.41) is 11.6. The highest BCUT2D eigenvalue weighted by Crippen LogP contribution is 2.17. The Morgan fingerprint density at radius 1 is 1.58 bits per heavy atom. The fourth-order valence-electron chi connectivity index (χ4n) is 1.72. The first-order valence-electron chi connectivity index (χ1n) is 5.67. The van der Waals surface area contributed by atoms with Crippen LogP contribution < -0.4 is 11.1 Å². The quantitative estimate of drug-likeness (QED) is 0.807. The molecule has 6 heteroatoms. The SMILES string of the molecule is Cc1cc(N)ccc1NC(=O)Cn1ccnc1C#N. The lowest BCUT2D eigenvalue weighted by Crippen LogP contribution is -2.19. The van der Waals surface area contributed by atoms with Crippen LogP contribution in [0.3, 0.4) is 0 Å². The van der Waals surface area contributed by atoms with Gasteiger partial charge in [-0.15, -0.1) is 0 Å². The van der Waals surface area contributed by atoms with Gasteiger partial charge in [-0.05, 0) is 30.7 Å². The summed E-state index contributed by atoms with van der Waals surface area (Å²) < 4.78 is 1.49. The van der Waals surface area contributed by atoms with E-state index in [4.69, 9.17) is 11.0 Å². The van der Waals surface area contributed by atoms with Crippen LogP contribution in [0.15, 0.2) is 30.6 Å². The summed E-state index contributed by atoms with van der Waals surface area (Å²) in [5.74, 6) is -0.00782. The molecule has 1 aromatic heterocycles. The van der Waals surface area contributed by atoms with Gasteiger partial charge in [0.25, 0.3) is 0 Å².